The van der Waals surface area contributed by atoms with Gasteiger partial charge in [0, 0.05) is 17.0 Å². The Kier molecular flexibility index (Phi) is 6.28. The lowest BCUT2D eigenvalue weighted by atomic mass is 10.2. The molecule has 3 nitrogen and oxygen atoms in total. The van der Waals surface area contributed by atoms with E-state index in [1.807, 2.05) is 12.3 Å². The van der Waals surface area contributed by atoms with Gasteiger partial charge in [0.1, 0.15) is 5.82 Å². The van der Waals surface area contributed by atoms with Gasteiger partial charge in [-0.2, -0.15) is 0 Å². The largest absolute Gasteiger partial charge is 0.313 e. The fourth-order valence-corrected chi connectivity index (χ4v) is 4.16. The molecule has 0 saturated heterocycles. The van der Waals surface area contributed by atoms with Gasteiger partial charge in [-0.1, -0.05) is 47.9 Å². The van der Waals surface area contributed by atoms with Crippen LogP contribution in [0, 0.1) is 5.82 Å². The second kappa shape index (κ2) is 7.97. The third kappa shape index (κ3) is 4.18. The minimum Gasteiger partial charge on any atom is -0.313 e. The molecule has 0 atom stereocenters. The van der Waals surface area contributed by atoms with Crippen molar-refractivity contribution in [3.63, 3.8) is 0 Å². The number of thioether (sulfide) groups is 1. The summed E-state index contributed by atoms with van der Waals surface area (Å²) in [5.41, 5.74) is 0.701. The van der Waals surface area contributed by atoms with Crippen molar-refractivity contribution < 1.29 is 4.39 Å². The molecule has 0 amide bonds. The third-order valence-corrected chi connectivity index (χ3v) is 5.62. The number of hydrogen-bond acceptors (Lipinski definition) is 6. The molecule has 0 saturated carbocycles. The van der Waals surface area contributed by atoms with Gasteiger partial charge < -0.3 is 5.32 Å². The van der Waals surface area contributed by atoms with Crippen LogP contribution in [0.3, 0.4) is 0 Å². The molecule has 0 unspecified atom stereocenters. The Bertz CT molecular complexity index is 560. The fraction of sp³-hybridized carbons (Fsp3) is 0.385. The van der Waals surface area contributed by atoms with Gasteiger partial charge in [0.2, 0.25) is 0 Å². The molecule has 0 bridgehead atoms. The van der Waals surface area contributed by atoms with Crippen LogP contribution in [-0.4, -0.2) is 23.0 Å². The molecule has 1 N–H and O–H groups in total. The Balaban J connectivity index is 2.15. The van der Waals surface area contributed by atoms with E-state index in [0.29, 0.717) is 12.1 Å². The van der Waals surface area contributed by atoms with Gasteiger partial charge in [-0.15, -0.1) is 10.2 Å². The Hall–Kier alpha value is -0.630. The lowest BCUT2D eigenvalue weighted by Gasteiger charge is -2.09. The van der Waals surface area contributed by atoms with Crippen LogP contribution in [0.5, 0.6) is 0 Å². The van der Waals surface area contributed by atoms with Crippen molar-refractivity contribution in [1.82, 2.24) is 15.5 Å². The molecule has 108 valence electrons. The zero-order valence-electron chi connectivity index (χ0n) is 11.4. The number of rotatable bonds is 7. The van der Waals surface area contributed by atoms with Crippen molar-refractivity contribution in [3.8, 4) is 0 Å². The van der Waals surface area contributed by atoms with Gasteiger partial charge in [-0.25, -0.2) is 4.39 Å². The first kappa shape index (κ1) is 15.8. The Morgan fingerprint density at radius 2 is 2.10 bits per heavy atom. The molecule has 0 aliphatic rings. The Labute approximate surface area is 130 Å². The van der Waals surface area contributed by atoms with Crippen molar-refractivity contribution in [1.29, 1.82) is 0 Å². The summed E-state index contributed by atoms with van der Waals surface area (Å²) in [5, 5.41) is 11.4. The average molecular weight is 329 g/mol. The maximum absolute atomic E-state index is 14.0. The van der Waals surface area contributed by atoms with Crippen LogP contribution in [-0.2, 0) is 6.54 Å². The van der Waals surface area contributed by atoms with E-state index >= 15 is 0 Å². The van der Waals surface area contributed by atoms with Gasteiger partial charge in [0.15, 0.2) is 8.68 Å². The van der Waals surface area contributed by atoms with E-state index in [4.69, 9.17) is 0 Å². The van der Waals surface area contributed by atoms with Crippen LogP contribution < -0.4 is 5.32 Å². The molecule has 2 aromatic rings. The number of hydrogen-bond donors (Lipinski definition) is 1. The minimum absolute atomic E-state index is 0.173. The molecule has 0 fully saturated rings. The summed E-state index contributed by atoms with van der Waals surface area (Å²) in [6.07, 6.45) is 3.00. The highest BCUT2D eigenvalue weighted by Gasteiger charge is 2.12. The molecule has 1 heterocycles. The molecular formula is C13H16FN3S3. The predicted molar refractivity (Wildman–Crippen MR) is 84.2 cm³/mol. The first-order chi connectivity index (χ1) is 9.74. The Morgan fingerprint density at radius 1 is 1.30 bits per heavy atom. The summed E-state index contributed by atoms with van der Waals surface area (Å²) >= 11 is 4.58. The van der Waals surface area contributed by atoms with E-state index in [0.717, 1.165) is 26.5 Å². The monoisotopic (exact) mass is 329 g/mol. The standard InChI is InChI=1S/C13H16FN3S3/c1-3-7-15-8-9-10(14)5-4-6-11(9)19-13-17-16-12(18-2)20-13/h4-6,15H,3,7-8H2,1-2H3. The molecule has 7 heteroatoms. The highest BCUT2D eigenvalue weighted by molar-refractivity contribution is 8.03. The summed E-state index contributed by atoms with van der Waals surface area (Å²) in [4.78, 5) is 0.900. The molecule has 20 heavy (non-hydrogen) atoms. The van der Waals surface area contributed by atoms with Gasteiger partial charge in [-0.3, -0.25) is 0 Å². The van der Waals surface area contributed by atoms with E-state index in [-0.39, 0.29) is 5.82 Å². The first-order valence-corrected chi connectivity index (χ1v) is 9.13. The minimum atomic E-state index is -0.173. The van der Waals surface area contributed by atoms with Crippen LogP contribution in [0.1, 0.15) is 18.9 Å². The lowest BCUT2D eigenvalue weighted by molar-refractivity contribution is 0.578. The number of benzene rings is 1. The van der Waals surface area contributed by atoms with E-state index in [2.05, 4.69) is 22.4 Å². The lowest BCUT2D eigenvalue weighted by Crippen LogP contribution is -2.15. The second-order valence-electron chi connectivity index (χ2n) is 4.03. The molecule has 0 spiro atoms. The smallest absolute Gasteiger partial charge is 0.179 e. The van der Waals surface area contributed by atoms with Crippen molar-refractivity contribution >= 4 is 34.9 Å². The highest BCUT2D eigenvalue weighted by Crippen LogP contribution is 2.35. The summed E-state index contributed by atoms with van der Waals surface area (Å²) in [6, 6.07) is 5.16. The van der Waals surface area contributed by atoms with E-state index in [1.165, 1.54) is 29.2 Å². The second-order valence-corrected chi connectivity index (χ2v) is 7.35. The maximum atomic E-state index is 14.0. The first-order valence-electron chi connectivity index (χ1n) is 6.28. The number of nitrogens with zero attached hydrogens (tertiary/aromatic N) is 2. The summed E-state index contributed by atoms with van der Waals surface area (Å²) in [5.74, 6) is -0.173. The zero-order valence-corrected chi connectivity index (χ0v) is 13.8. The van der Waals surface area contributed by atoms with Gasteiger partial charge in [0.25, 0.3) is 0 Å². The summed E-state index contributed by atoms with van der Waals surface area (Å²) < 4.78 is 15.7. The van der Waals surface area contributed by atoms with Gasteiger partial charge in [-0.05, 0) is 31.4 Å². The topological polar surface area (TPSA) is 37.8 Å². The molecule has 0 radical (unpaired) electrons. The molecular weight excluding hydrogens is 313 g/mol. The van der Waals surface area contributed by atoms with Crippen LogP contribution in [0.4, 0.5) is 4.39 Å². The van der Waals surface area contributed by atoms with Crippen LogP contribution in [0.15, 0.2) is 31.8 Å². The molecule has 1 aromatic carbocycles. The maximum Gasteiger partial charge on any atom is 0.179 e. The van der Waals surface area contributed by atoms with Gasteiger partial charge >= 0.3 is 0 Å². The van der Waals surface area contributed by atoms with E-state index in [1.54, 1.807) is 17.8 Å². The summed E-state index contributed by atoms with van der Waals surface area (Å²) in [7, 11) is 0. The fourth-order valence-electron chi connectivity index (χ4n) is 1.61. The van der Waals surface area contributed by atoms with Crippen molar-refractivity contribution in [3.05, 3.63) is 29.6 Å². The SMILES string of the molecule is CCCNCc1c(F)cccc1Sc1nnc(SC)s1. The summed E-state index contributed by atoms with van der Waals surface area (Å²) in [6.45, 7) is 3.51. The van der Waals surface area contributed by atoms with Gasteiger partial charge in [0.05, 0.1) is 0 Å². The highest BCUT2D eigenvalue weighted by atomic mass is 32.2. The quantitative estimate of drug-likeness (QED) is 0.613. The van der Waals surface area contributed by atoms with E-state index in [9.17, 15) is 4.39 Å². The predicted octanol–water partition coefficient (Wildman–Crippen LogP) is 4.05. The van der Waals surface area contributed by atoms with Crippen LogP contribution in [0.2, 0.25) is 0 Å². The van der Waals surface area contributed by atoms with Crippen molar-refractivity contribution in [2.45, 2.75) is 33.5 Å². The molecule has 0 aliphatic heterocycles. The molecule has 1 aromatic heterocycles. The van der Waals surface area contributed by atoms with Crippen molar-refractivity contribution in [2.24, 2.45) is 0 Å². The Morgan fingerprint density at radius 3 is 2.80 bits per heavy atom. The normalized spacial score (nSPS) is 10.9. The van der Waals surface area contributed by atoms with Crippen LogP contribution in [0.25, 0.3) is 0 Å². The third-order valence-electron chi connectivity index (χ3n) is 2.56. The average Bonchev–Trinajstić information content (AvgIpc) is 2.90. The van der Waals surface area contributed by atoms with Crippen molar-refractivity contribution in [2.75, 3.05) is 12.8 Å². The number of nitrogens with one attached hydrogen (secondary N) is 1. The van der Waals surface area contributed by atoms with E-state index < -0.39 is 0 Å². The van der Waals surface area contributed by atoms with Crippen LogP contribution >= 0.6 is 34.9 Å². The number of aromatic nitrogens is 2. The zero-order chi connectivity index (χ0) is 14.4. The molecule has 0 aliphatic carbocycles. The number of halogens is 1. The molecule has 2 rings (SSSR count).